The topological polar surface area (TPSA) is 36.4 Å². The second-order valence-electron chi connectivity index (χ2n) is 4.46. The Balaban J connectivity index is 2.01. The van der Waals surface area contributed by atoms with Crippen LogP contribution in [0.3, 0.4) is 0 Å². The van der Waals surface area contributed by atoms with Gasteiger partial charge in [0.25, 0.3) is 0 Å². The number of nitrogens with one attached hydrogen (secondary N) is 2. The normalized spacial score (nSPS) is 17.4. The smallest absolute Gasteiger partial charge is 0.191 e. The fourth-order valence-corrected chi connectivity index (χ4v) is 2.29. The van der Waals surface area contributed by atoms with E-state index in [1.54, 1.807) is 7.05 Å². The summed E-state index contributed by atoms with van der Waals surface area (Å²) in [5.41, 5.74) is 0. The summed E-state index contributed by atoms with van der Waals surface area (Å²) in [5, 5.41) is 6.49. The Hall–Kier alpha value is -0.990. The third-order valence-electron chi connectivity index (χ3n) is 3.19. The van der Waals surface area contributed by atoms with Crippen molar-refractivity contribution in [3.8, 4) is 0 Å². The van der Waals surface area contributed by atoms with Gasteiger partial charge >= 0.3 is 0 Å². The minimum atomic E-state index is 0.766. The molecule has 1 fully saturated rings. The molecule has 0 saturated heterocycles. The van der Waals surface area contributed by atoms with E-state index in [9.17, 15) is 0 Å². The molecule has 1 saturated carbocycles. The van der Waals surface area contributed by atoms with Gasteiger partial charge in [-0.05, 0) is 18.8 Å². The molecule has 0 amide bonds. The average Bonchev–Trinajstić information content (AvgIpc) is 2.81. The highest BCUT2D eigenvalue weighted by atomic mass is 15.2. The first kappa shape index (κ1) is 13.1. The lowest BCUT2D eigenvalue weighted by Crippen LogP contribution is -2.37. The minimum Gasteiger partial charge on any atom is -0.356 e. The highest BCUT2D eigenvalue weighted by Crippen LogP contribution is 2.28. The van der Waals surface area contributed by atoms with Gasteiger partial charge in [0.1, 0.15) is 0 Å². The van der Waals surface area contributed by atoms with Crippen LogP contribution in [0.2, 0.25) is 0 Å². The van der Waals surface area contributed by atoms with Gasteiger partial charge in [0, 0.05) is 20.1 Å². The molecule has 0 unspecified atom stereocenters. The van der Waals surface area contributed by atoms with Crippen molar-refractivity contribution in [2.24, 2.45) is 10.9 Å². The van der Waals surface area contributed by atoms with E-state index in [0.29, 0.717) is 0 Å². The fraction of sp³-hybridized carbons (Fsp3) is 0.769. The Kier molecular flexibility index (Phi) is 6.70. The summed E-state index contributed by atoms with van der Waals surface area (Å²) in [4.78, 5) is 4.14. The molecule has 0 aromatic heterocycles. The molecule has 16 heavy (non-hydrogen) atoms. The van der Waals surface area contributed by atoms with Crippen LogP contribution in [0.25, 0.3) is 0 Å². The van der Waals surface area contributed by atoms with Crippen LogP contribution in [0.4, 0.5) is 0 Å². The number of guanidine groups is 1. The summed E-state index contributed by atoms with van der Waals surface area (Å²) in [6.07, 6.45) is 10.2. The third kappa shape index (κ3) is 5.19. The lowest BCUT2D eigenvalue weighted by atomic mass is 10.0. The van der Waals surface area contributed by atoms with E-state index in [4.69, 9.17) is 0 Å². The lowest BCUT2D eigenvalue weighted by Gasteiger charge is -2.12. The Morgan fingerprint density at radius 3 is 2.75 bits per heavy atom. The maximum absolute atomic E-state index is 4.14. The Morgan fingerprint density at radius 1 is 1.38 bits per heavy atom. The maximum atomic E-state index is 4.14. The van der Waals surface area contributed by atoms with Crippen molar-refractivity contribution < 1.29 is 0 Å². The zero-order valence-corrected chi connectivity index (χ0v) is 10.5. The summed E-state index contributed by atoms with van der Waals surface area (Å²) in [6, 6.07) is 0. The first-order valence-corrected chi connectivity index (χ1v) is 6.42. The Labute approximate surface area is 99.4 Å². The number of rotatable bonds is 6. The predicted octanol–water partition coefficient (Wildman–Crippen LogP) is 2.31. The zero-order chi connectivity index (χ0) is 11.6. The van der Waals surface area contributed by atoms with E-state index in [1.165, 1.54) is 38.5 Å². The van der Waals surface area contributed by atoms with Gasteiger partial charge in [0.15, 0.2) is 5.96 Å². The van der Waals surface area contributed by atoms with Crippen LogP contribution in [0.1, 0.15) is 38.5 Å². The largest absolute Gasteiger partial charge is 0.356 e. The standard InChI is InChI=1S/C13H25N3/c1-3-10-15-13(14-2)16-11-6-9-12-7-4-5-8-12/h3,12H,1,4-11H2,2H3,(H2,14,15,16). The number of aliphatic imine (C=N–C) groups is 1. The summed E-state index contributed by atoms with van der Waals surface area (Å²) in [6.45, 7) is 5.46. The summed E-state index contributed by atoms with van der Waals surface area (Å²) in [5.74, 6) is 1.87. The molecule has 0 aromatic rings. The quantitative estimate of drug-likeness (QED) is 0.314. The Morgan fingerprint density at radius 2 is 2.12 bits per heavy atom. The van der Waals surface area contributed by atoms with Gasteiger partial charge in [-0.3, -0.25) is 4.99 Å². The molecule has 0 aliphatic heterocycles. The molecular formula is C13H25N3. The fourth-order valence-electron chi connectivity index (χ4n) is 2.29. The van der Waals surface area contributed by atoms with Crippen LogP contribution < -0.4 is 10.6 Å². The molecule has 0 radical (unpaired) electrons. The van der Waals surface area contributed by atoms with Gasteiger partial charge in [-0.1, -0.05) is 31.8 Å². The molecule has 1 rings (SSSR count). The first-order chi connectivity index (χ1) is 7.86. The van der Waals surface area contributed by atoms with Crippen molar-refractivity contribution in [2.75, 3.05) is 20.1 Å². The van der Waals surface area contributed by atoms with Crippen LogP contribution in [-0.2, 0) is 0 Å². The minimum absolute atomic E-state index is 0.766. The highest BCUT2D eigenvalue weighted by molar-refractivity contribution is 5.79. The van der Waals surface area contributed by atoms with Crippen molar-refractivity contribution in [3.05, 3.63) is 12.7 Å². The monoisotopic (exact) mass is 223 g/mol. The Bertz CT molecular complexity index is 217. The number of hydrogen-bond acceptors (Lipinski definition) is 1. The van der Waals surface area contributed by atoms with Crippen LogP contribution >= 0.6 is 0 Å². The van der Waals surface area contributed by atoms with Crippen molar-refractivity contribution >= 4 is 5.96 Å². The molecule has 0 spiro atoms. The van der Waals surface area contributed by atoms with Crippen molar-refractivity contribution in [1.29, 1.82) is 0 Å². The number of nitrogens with zero attached hydrogens (tertiary/aromatic N) is 1. The van der Waals surface area contributed by atoms with Crippen molar-refractivity contribution in [1.82, 2.24) is 10.6 Å². The summed E-state index contributed by atoms with van der Waals surface area (Å²) >= 11 is 0. The summed E-state index contributed by atoms with van der Waals surface area (Å²) < 4.78 is 0. The molecule has 3 heteroatoms. The first-order valence-electron chi connectivity index (χ1n) is 6.42. The van der Waals surface area contributed by atoms with E-state index >= 15 is 0 Å². The van der Waals surface area contributed by atoms with Crippen molar-refractivity contribution in [3.63, 3.8) is 0 Å². The number of hydrogen-bond donors (Lipinski definition) is 2. The van der Waals surface area contributed by atoms with Gasteiger partial charge in [-0.2, -0.15) is 0 Å². The van der Waals surface area contributed by atoms with E-state index in [1.807, 2.05) is 6.08 Å². The molecule has 0 aromatic carbocycles. The van der Waals surface area contributed by atoms with Gasteiger partial charge in [0.2, 0.25) is 0 Å². The van der Waals surface area contributed by atoms with Gasteiger partial charge in [-0.15, -0.1) is 6.58 Å². The molecule has 0 bridgehead atoms. The van der Waals surface area contributed by atoms with Gasteiger partial charge in [0.05, 0.1) is 0 Å². The zero-order valence-electron chi connectivity index (χ0n) is 10.5. The van der Waals surface area contributed by atoms with Crippen LogP contribution in [0.15, 0.2) is 17.6 Å². The molecule has 0 atom stereocenters. The predicted molar refractivity (Wildman–Crippen MR) is 70.8 cm³/mol. The molecule has 0 heterocycles. The van der Waals surface area contributed by atoms with E-state index in [0.717, 1.165) is 25.0 Å². The maximum Gasteiger partial charge on any atom is 0.191 e. The second-order valence-corrected chi connectivity index (χ2v) is 4.46. The third-order valence-corrected chi connectivity index (χ3v) is 3.19. The second kappa shape index (κ2) is 8.20. The molecule has 1 aliphatic carbocycles. The van der Waals surface area contributed by atoms with E-state index < -0.39 is 0 Å². The average molecular weight is 223 g/mol. The van der Waals surface area contributed by atoms with E-state index in [-0.39, 0.29) is 0 Å². The molecular weight excluding hydrogens is 198 g/mol. The van der Waals surface area contributed by atoms with Crippen LogP contribution in [0.5, 0.6) is 0 Å². The van der Waals surface area contributed by atoms with Crippen molar-refractivity contribution in [2.45, 2.75) is 38.5 Å². The lowest BCUT2D eigenvalue weighted by molar-refractivity contribution is 0.481. The van der Waals surface area contributed by atoms with E-state index in [2.05, 4.69) is 22.2 Å². The highest BCUT2D eigenvalue weighted by Gasteiger charge is 2.13. The molecule has 3 nitrogen and oxygen atoms in total. The summed E-state index contributed by atoms with van der Waals surface area (Å²) in [7, 11) is 1.80. The van der Waals surface area contributed by atoms with Gasteiger partial charge in [-0.25, -0.2) is 0 Å². The SMILES string of the molecule is C=CCNC(=NC)NCCCC1CCCC1. The molecule has 2 N–H and O–H groups in total. The van der Waals surface area contributed by atoms with Gasteiger partial charge < -0.3 is 10.6 Å². The molecule has 1 aliphatic rings. The van der Waals surface area contributed by atoms with Crippen LogP contribution in [0, 0.1) is 5.92 Å². The van der Waals surface area contributed by atoms with Crippen LogP contribution in [-0.4, -0.2) is 26.1 Å². The molecule has 92 valence electrons.